The van der Waals surface area contributed by atoms with Crippen LogP contribution in [0.5, 0.6) is 5.75 Å². The summed E-state index contributed by atoms with van der Waals surface area (Å²) in [4.78, 5) is 9.56. The van der Waals surface area contributed by atoms with E-state index in [9.17, 15) is 4.79 Å². The van der Waals surface area contributed by atoms with Crippen LogP contribution >= 0.6 is 11.6 Å². The van der Waals surface area contributed by atoms with Gasteiger partial charge >= 0.3 is 5.97 Å². The highest BCUT2D eigenvalue weighted by Crippen LogP contribution is 2.26. The molecule has 3 nitrogen and oxygen atoms in total. The van der Waals surface area contributed by atoms with E-state index in [1.165, 1.54) is 6.92 Å². The molecule has 0 radical (unpaired) electrons. The lowest BCUT2D eigenvalue weighted by Gasteiger charge is -2.18. The lowest BCUT2D eigenvalue weighted by Crippen LogP contribution is -2.31. The Labute approximate surface area is 93.6 Å². The van der Waals surface area contributed by atoms with Gasteiger partial charge in [-0.15, -0.1) is 11.6 Å². The van der Waals surface area contributed by atoms with Gasteiger partial charge in [-0.3, -0.25) is 4.79 Å². The van der Waals surface area contributed by atoms with Gasteiger partial charge in [0.25, 0.3) is 0 Å². The minimum absolute atomic E-state index is 0.230. The Hall–Kier alpha value is -1.22. The zero-order chi connectivity index (χ0) is 11.5. The smallest absolute Gasteiger partial charge is 0.324 e. The van der Waals surface area contributed by atoms with E-state index in [-0.39, 0.29) is 6.42 Å². The maximum atomic E-state index is 10.9. The Balaban J connectivity index is 2.94. The molecule has 1 rings (SSSR count). The molecule has 0 aliphatic rings. The van der Waals surface area contributed by atoms with Crippen molar-refractivity contribution < 1.29 is 14.6 Å². The summed E-state index contributed by atoms with van der Waals surface area (Å²) in [6, 6.07) is 7.24. The number of benzene rings is 1. The summed E-state index contributed by atoms with van der Waals surface area (Å²) in [5, 5.41) is 8.89. The molecule has 0 unspecified atom stereocenters. The van der Waals surface area contributed by atoms with E-state index in [2.05, 4.69) is 0 Å². The number of aliphatic carboxylic acids is 1. The van der Waals surface area contributed by atoms with Gasteiger partial charge in [0, 0.05) is 6.42 Å². The highest BCUT2D eigenvalue weighted by atomic mass is 35.5. The summed E-state index contributed by atoms with van der Waals surface area (Å²) in [7, 11) is 1.55. The second kappa shape index (κ2) is 4.53. The Morgan fingerprint density at radius 1 is 1.53 bits per heavy atom. The number of rotatable bonds is 4. The van der Waals surface area contributed by atoms with E-state index < -0.39 is 10.8 Å². The highest BCUT2D eigenvalue weighted by Gasteiger charge is 2.31. The fraction of sp³-hybridized carbons (Fsp3) is 0.364. The summed E-state index contributed by atoms with van der Waals surface area (Å²) in [5.74, 6) is -0.374. The molecular formula is C11H13ClO3. The molecule has 0 fully saturated rings. The van der Waals surface area contributed by atoms with Crippen LogP contribution in [-0.2, 0) is 11.2 Å². The molecule has 0 saturated carbocycles. The van der Waals surface area contributed by atoms with Crippen LogP contribution in [0.4, 0.5) is 0 Å². The molecule has 0 amide bonds. The summed E-state index contributed by atoms with van der Waals surface area (Å²) in [6.07, 6.45) is 0.230. The van der Waals surface area contributed by atoms with E-state index in [1.54, 1.807) is 13.2 Å². The van der Waals surface area contributed by atoms with Gasteiger partial charge in [0.15, 0.2) is 0 Å². The number of halogens is 1. The van der Waals surface area contributed by atoms with E-state index in [0.717, 1.165) is 5.56 Å². The molecule has 1 atom stereocenters. The number of hydrogen-bond acceptors (Lipinski definition) is 2. The normalized spacial score (nSPS) is 14.3. The van der Waals surface area contributed by atoms with Crippen LogP contribution in [-0.4, -0.2) is 23.1 Å². The Morgan fingerprint density at radius 2 is 2.13 bits per heavy atom. The van der Waals surface area contributed by atoms with Crippen molar-refractivity contribution in [3.8, 4) is 5.75 Å². The average Bonchev–Trinajstić information content (AvgIpc) is 2.18. The zero-order valence-corrected chi connectivity index (χ0v) is 9.41. The van der Waals surface area contributed by atoms with Crippen LogP contribution in [0, 0.1) is 0 Å². The van der Waals surface area contributed by atoms with Gasteiger partial charge in [-0.25, -0.2) is 0 Å². The predicted molar refractivity (Wildman–Crippen MR) is 58.6 cm³/mol. The fourth-order valence-electron chi connectivity index (χ4n) is 1.28. The lowest BCUT2D eigenvalue weighted by atomic mass is 10.00. The van der Waals surface area contributed by atoms with Gasteiger partial charge in [0.05, 0.1) is 7.11 Å². The number of carboxylic acids is 1. The number of ether oxygens (including phenoxy) is 1. The molecule has 0 bridgehead atoms. The van der Waals surface area contributed by atoms with E-state index in [0.29, 0.717) is 5.75 Å². The number of alkyl halides is 1. The monoisotopic (exact) mass is 228 g/mol. The SMILES string of the molecule is COc1ccccc1C[C@@](C)(Cl)C(=O)O. The van der Waals surface area contributed by atoms with Crippen LogP contribution in [0.25, 0.3) is 0 Å². The van der Waals surface area contributed by atoms with Gasteiger partial charge in [0.1, 0.15) is 10.6 Å². The summed E-state index contributed by atoms with van der Waals surface area (Å²) in [6.45, 7) is 1.48. The Kier molecular flexibility index (Phi) is 3.58. The molecule has 1 N–H and O–H groups in total. The maximum Gasteiger partial charge on any atom is 0.324 e. The molecule has 1 aromatic carbocycles. The second-order valence-corrected chi connectivity index (χ2v) is 4.33. The quantitative estimate of drug-likeness (QED) is 0.805. The second-order valence-electron chi connectivity index (χ2n) is 3.49. The van der Waals surface area contributed by atoms with E-state index >= 15 is 0 Å². The van der Waals surface area contributed by atoms with Crippen molar-refractivity contribution in [1.82, 2.24) is 0 Å². The van der Waals surface area contributed by atoms with Crippen molar-refractivity contribution in [1.29, 1.82) is 0 Å². The Morgan fingerprint density at radius 3 is 2.67 bits per heavy atom. The first-order valence-corrected chi connectivity index (χ1v) is 4.89. The molecule has 1 aromatic rings. The Bertz CT molecular complexity index is 361. The molecule has 0 spiro atoms. The average molecular weight is 229 g/mol. The number of hydrogen-bond donors (Lipinski definition) is 1. The van der Waals surface area contributed by atoms with Crippen LogP contribution in [0.3, 0.4) is 0 Å². The predicted octanol–water partition coefficient (Wildman–Crippen LogP) is 2.32. The van der Waals surface area contributed by atoms with Gasteiger partial charge in [0.2, 0.25) is 0 Å². The summed E-state index contributed by atoms with van der Waals surface area (Å²) in [5.41, 5.74) is 0.792. The van der Waals surface area contributed by atoms with Crippen molar-refractivity contribution in [3.05, 3.63) is 29.8 Å². The number of para-hydroxylation sites is 1. The molecule has 82 valence electrons. The highest BCUT2D eigenvalue weighted by molar-refractivity contribution is 6.33. The van der Waals surface area contributed by atoms with Gasteiger partial charge in [-0.05, 0) is 18.6 Å². The van der Waals surface area contributed by atoms with Gasteiger partial charge in [-0.2, -0.15) is 0 Å². The largest absolute Gasteiger partial charge is 0.496 e. The van der Waals surface area contributed by atoms with E-state index in [1.807, 2.05) is 18.2 Å². The zero-order valence-electron chi connectivity index (χ0n) is 8.66. The third-order valence-electron chi connectivity index (χ3n) is 2.16. The number of carboxylic acid groups (broad SMARTS) is 1. The van der Waals surface area contributed by atoms with Crippen molar-refractivity contribution in [2.24, 2.45) is 0 Å². The van der Waals surface area contributed by atoms with Crippen molar-refractivity contribution in [3.63, 3.8) is 0 Å². The first-order valence-electron chi connectivity index (χ1n) is 4.51. The third-order valence-corrected chi connectivity index (χ3v) is 2.46. The molecule has 0 saturated heterocycles. The van der Waals surface area contributed by atoms with E-state index in [4.69, 9.17) is 21.4 Å². The number of carbonyl (C=O) groups is 1. The van der Waals surface area contributed by atoms with Crippen LogP contribution in [0.1, 0.15) is 12.5 Å². The molecule has 0 aliphatic carbocycles. The van der Waals surface area contributed by atoms with Crippen LogP contribution in [0.2, 0.25) is 0 Å². The van der Waals surface area contributed by atoms with Crippen LogP contribution < -0.4 is 4.74 Å². The minimum Gasteiger partial charge on any atom is -0.496 e. The maximum absolute atomic E-state index is 10.9. The summed E-state index contributed by atoms with van der Waals surface area (Å²) >= 11 is 5.88. The van der Waals surface area contributed by atoms with Crippen molar-refractivity contribution >= 4 is 17.6 Å². The lowest BCUT2D eigenvalue weighted by molar-refractivity contribution is -0.139. The standard InChI is InChI=1S/C11H13ClO3/c1-11(12,10(13)14)7-8-5-3-4-6-9(8)15-2/h3-6H,7H2,1-2H3,(H,13,14)/t11-/m1/s1. The minimum atomic E-state index is -1.30. The molecule has 0 heterocycles. The topological polar surface area (TPSA) is 46.5 Å². The van der Waals surface area contributed by atoms with Crippen LogP contribution in [0.15, 0.2) is 24.3 Å². The molecule has 15 heavy (non-hydrogen) atoms. The van der Waals surface area contributed by atoms with Crippen molar-refractivity contribution in [2.75, 3.05) is 7.11 Å². The fourth-order valence-corrected chi connectivity index (χ4v) is 1.43. The molecule has 0 aromatic heterocycles. The third kappa shape index (κ3) is 2.86. The molecular weight excluding hydrogens is 216 g/mol. The molecule has 4 heteroatoms. The first-order chi connectivity index (χ1) is 6.97. The van der Waals surface area contributed by atoms with Crippen molar-refractivity contribution in [2.45, 2.75) is 18.2 Å². The number of methoxy groups -OCH3 is 1. The van der Waals surface area contributed by atoms with Gasteiger partial charge < -0.3 is 9.84 Å². The first kappa shape index (κ1) is 11.9. The van der Waals surface area contributed by atoms with Gasteiger partial charge in [-0.1, -0.05) is 18.2 Å². The summed E-state index contributed by atoms with van der Waals surface area (Å²) < 4.78 is 5.12. The molecule has 0 aliphatic heterocycles.